The smallest absolute Gasteiger partial charge is 0.374 e. The molecule has 0 aliphatic carbocycles. The van der Waals surface area contributed by atoms with Crippen LogP contribution in [-0.4, -0.2) is 18.5 Å². The van der Waals surface area contributed by atoms with E-state index in [9.17, 15) is 14.4 Å². The first-order valence-electron chi connectivity index (χ1n) is 9.51. The molecular weight excluding hydrogens is 396 g/mol. The largest absolute Gasteiger partial charge is 0.450 e. The minimum atomic E-state index is -0.899. The van der Waals surface area contributed by atoms with Gasteiger partial charge in [0.05, 0.1) is 16.8 Å². The maximum atomic E-state index is 12.5. The third-order valence-electron chi connectivity index (χ3n) is 4.44. The molecule has 3 aromatic carbocycles. The summed E-state index contributed by atoms with van der Waals surface area (Å²) >= 11 is 0. The summed E-state index contributed by atoms with van der Waals surface area (Å²) in [4.78, 5) is 37.0. The lowest BCUT2D eigenvalue weighted by molar-refractivity contribution is -0.124. The summed E-state index contributed by atoms with van der Waals surface area (Å²) < 4.78 is 10.5. The highest BCUT2D eigenvalue weighted by atomic mass is 16.5. The van der Waals surface area contributed by atoms with Gasteiger partial charge in [0, 0.05) is 6.07 Å². The molecule has 0 spiro atoms. The van der Waals surface area contributed by atoms with Crippen molar-refractivity contribution in [2.75, 3.05) is 11.6 Å². The van der Waals surface area contributed by atoms with Gasteiger partial charge in [-0.25, -0.2) is 4.79 Å². The number of hydrogen-bond acceptors (Lipinski definition) is 6. The molecule has 4 aromatic rings. The molecule has 1 amide bonds. The number of fused-ring (bicyclic) bond motifs is 1. The number of anilines is 2. The van der Waals surface area contributed by atoms with Crippen LogP contribution in [0, 0.1) is 0 Å². The second kappa shape index (κ2) is 8.96. The van der Waals surface area contributed by atoms with E-state index in [-0.39, 0.29) is 16.8 Å². The maximum absolute atomic E-state index is 12.5. The molecule has 0 saturated heterocycles. The second-order valence-electron chi connectivity index (χ2n) is 6.59. The average Bonchev–Trinajstić information content (AvgIpc) is 2.82. The van der Waals surface area contributed by atoms with E-state index in [1.54, 1.807) is 29.3 Å². The fourth-order valence-electron chi connectivity index (χ4n) is 3.00. The van der Waals surface area contributed by atoms with Gasteiger partial charge in [-0.3, -0.25) is 20.0 Å². The molecule has 1 heterocycles. The lowest BCUT2D eigenvalue weighted by atomic mass is 10.2. The third kappa shape index (κ3) is 4.62. The topological polar surface area (TPSA) is 88.9 Å². The Labute approximate surface area is 177 Å². The molecule has 0 radical (unpaired) electrons. The van der Waals surface area contributed by atoms with E-state index in [2.05, 4.69) is 5.43 Å². The Bertz CT molecular complexity index is 1230. The number of ether oxygens (including phenoxy) is 1. The second-order valence-corrected chi connectivity index (χ2v) is 6.59. The Hall–Kier alpha value is -4.39. The van der Waals surface area contributed by atoms with E-state index in [0.717, 1.165) is 17.4 Å². The molecule has 0 aliphatic heterocycles. The van der Waals surface area contributed by atoms with Gasteiger partial charge in [-0.15, -0.1) is 0 Å². The van der Waals surface area contributed by atoms with Gasteiger partial charge in [0.25, 0.3) is 5.91 Å². The van der Waals surface area contributed by atoms with Gasteiger partial charge in [0.1, 0.15) is 5.58 Å². The number of nitrogens with zero attached hydrogens (tertiary/aromatic N) is 1. The molecule has 0 bridgehead atoms. The summed E-state index contributed by atoms with van der Waals surface area (Å²) in [6.45, 7) is -0.550. The number of benzene rings is 3. The molecule has 0 atom stereocenters. The van der Waals surface area contributed by atoms with Crippen molar-refractivity contribution >= 4 is 34.2 Å². The van der Waals surface area contributed by atoms with Gasteiger partial charge in [-0.2, -0.15) is 0 Å². The number of amides is 1. The first-order chi connectivity index (χ1) is 15.1. The van der Waals surface area contributed by atoms with Crippen molar-refractivity contribution in [1.29, 1.82) is 0 Å². The van der Waals surface area contributed by atoms with Gasteiger partial charge in [0.15, 0.2) is 12.0 Å². The molecule has 31 heavy (non-hydrogen) atoms. The van der Waals surface area contributed by atoms with Gasteiger partial charge < -0.3 is 9.15 Å². The molecule has 0 saturated carbocycles. The van der Waals surface area contributed by atoms with Crippen molar-refractivity contribution < 1.29 is 18.7 Å². The summed E-state index contributed by atoms with van der Waals surface area (Å²) in [7, 11) is 0. The first kappa shape index (κ1) is 19.9. The zero-order valence-electron chi connectivity index (χ0n) is 16.4. The maximum Gasteiger partial charge on any atom is 0.374 e. The van der Waals surface area contributed by atoms with E-state index in [1.807, 2.05) is 60.7 Å². The summed E-state index contributed by atoms with van der Waals surface area (Å²) in [6.07, 6.45) is 0. The molecule has 0 unspecified atom stereocenters. The first-order valence-corrected chi connectivity index (χ1v) is 9.51. The lowest BCUT2D eigenvalue weighted by Gasteiger charge is -2.25. The van der Waals surface area contributed by atoms with E-state index >= 15 is 0 Å². The number of carbonyl (C=O) groups is 2. The summed E-state index contributed by atoms with van der Waals surface area (Å²) in [5.41, 5.74) is 4.09. The molecule has 4 rings (SSSR count). The van der Waals surface area contributed by atoms with Gasteiger partial charge in [-0.05, 0) is 36.4 Å². The number of hydrogen-bond donors (Lipinski definition) is 1. The molecule has 154 valence electrons. The van der Waals surface area contributed by atoms with Crippen LogP contribution in [0.5, 0.6) is 0 Å². The van der Waals surface area contributed by atoms with E-state index < -0.39 is 18.5 Å². The number of para-hydroxylation sites is 3. The molecule has 1 aromatic heterocycles. The van der Waals surface area contributed by atoms with Crippen molar-refractivity contribution in [3.63, 3.8) is 0 Å². The zero-order valence-corrected chi connectivity index (χ0v) is 16.4. The monoisotopic (exact) mass is 414 g/mol. The minimum absolute atomic E-state index is 0.264. The van der Waals surface area contributed by atoms with Crippen molar-refractivity contribution in [1.82, 2.24) is 5.43 Å². The van der Waals surface area contributed by atoms with Crippen molar-refractivity contribution in [2.45, 2.75) is 0 Å². The molecular formula is C24H18N2O5. The molecule has 0 fully saturated rings. The highest BCUT2D eigenvalue weighted by Gasteiger charge is 2.17. The highest BCUT2D eigenvalue weighted by molar-refractivity contribution is 5.91. The fraction of sp³-hybridized carbons (Fsp3) is 0.0417. The fourth-order valence-corrected chi connectivity index (χ4v) is 3.00. The Morgan fingerprint density at radius 3 is 2.06 bits per heavy atom. The number of hydrazine groups is 1. The van der Waals surface area contributed by atoms with Crippen LogP contribution in [-0.2, 0) is 9.53 Å². The number of nitrogens with one attached hydrogen (secondary N) is 1. The van der Waals surface area contributed by atoms with Crippen molar-refractivity contribution in [3.8, 4) is 0 Å². The van der Waals surface area contributed by atoms with Crippen LogP contribution in [0.25, 0.3) is 11.0 Å². The Balaban J connectivity index is 1.46. The molecule has 7 nitrogen and oxygen atoms in total. The Morgan fingerprint density at radius 2 is 1.42 bits per heavy atom. The summed E-state index contributed by atoms with van der Waals surface area (Å²) in [6, 6.07) is 26.1. The average molecular weight is 414 g/mol. The summed E-state index contributed by atoms with van der Waals surface area (Å²) in [5.74, 6) is -1.72. The van der Waals surface area contributed by atoms with Crippen molar-refractivity contribution in [3.05, 3.63) is 107 Å². The quantitative estimate of drug-likeness (QED) is 0.381. The SMILES string of the molecule is O=C(COC(=O)c1cc(=O)c2ccccc2o1)NN(c1ccccc1)c1ccccc1. The lowest BCUT2D eigenvalue weighted by Crippen LogP contribution is -2.41. The predicted molar refractivity (Wildman–Crippen MR) is 116 cm³/mol. The Morgan fingerprint density at radius 1 is 0.839 bits per heavy atom. The van der Waals surface area contributed by atoms with E-state index in [4.69, 9.17) is 9.15 Å². The van der Waals surface area contributed by atoms with Crippen LogP contribution < -0.4 is 15.9 Å². The van der Waals surface area contributed by atoms with Crippen LogP contribution in [0.4, 0.5) is 11.4 Å². The van der Waals surface area contributed by atoms with Crippen LogP contribution >= 0.6 is 0 Å². The number of rotatable bonds is 6. The third-order valence-corrected chi connectivity index (χ3v) is 4.44. The van der Waals surface area contributed by atoms with Crippen LogP contribution in [0.3, 0.4) is 0 Å². The van der Waals surface area contributed by atoms with Gasteiger partial charge in [-0.1, -0.05) is 48.5 Å². The number of carbonyl (C=O) groups excluding carboxylic acids is 2. The van der Waals surface area contributed by atoms with Gasteiger partial charge >= 0.3 is 5.97 Å². The molecule has 1 N–H and O–H groups in total. The normalized spacial score (nSPS) is 10.5. The van der Waals surface area contributed by atoms with Crippen LogP contribution in [0.15, 0.2) is 100 Å². The van der Waals surface area contributed by atoms with Crippen LogP contribution in [0.1, 0.15) is 10.6 Å². The minimum Gasteiger partial charge on any atom is -0.450 e. The number of esters is 1. The zero-order chi connectivity index (χ0) is 21.6. The van der Waals surface area contributed by atoms with Gasteiger partial charge in [0.2, 0.25) is 5.76 Å². The van der Waals surface area contributed by atoms with Crippen LogP contribution in [0.2, 0.25) is 0 Å². The molecule has 7 heteroatoms. The van der Waals surface area contributed by atoms with E-state index in [0.29, 0.717) is 5.39 Å². The Kier molecular flexibility index (Phi) is 5.75. The molecule has 0 aliphatic rings. The highest BCUT2D eigenvalue weighted by Crippen LogP contribution is 2.22. The van der Waals surface area contributed by atoms with E-state index in [1.165, 1.54) is 0 Å². The standard InChI is InChI=1S/C24H18N2O5/c27-20-15-22(31-21-14-8-7-13-19(20)21)24(29)30-16-23(28)25-26(17-9-3-1-4-10-17)18-11-5-2-6-12-18/h1-15H,16H2,(H,25,28). The summed E-state index contributed by atoms with van der Waals surface area (Å²) in [5, 5.41) is 1.95. The van der Waals surface area contributed by atoms with Crippen molar-refractivity contribution in [2.24, 2.45) is 0 Å². The predicted octanol–water partition coefficient (Wildman–Crippen LogP) is 3.82.